The Morgan fingerprint density at radius 1 is 1.50 bits per heavy atom. The molecule has 0 spiro atoms. The highest BCUT2D eigenvalue weighted by molar-refractivity contribution is 5.92. The Hall–Kier alpha value is -1.10. The maximum absolute atomic E-state index is 11.7. The Bertz CT molecular complexity index is 295. The minimum Gasteiger partial charge on any atom is -0.444 e. The molecule has 1 N–H and O–H groups in total. The highest BCUT2D eigenvalue weighted by atomic mass is 16.6. The van der Waals surface area contributed by atoms with Crippen LogP contribution in [0, 0.1) is 0 Å². The van der Waals surface area contributed by atoms with Crippen molar-refractivity contribution in [3.05, 3.63) is 0 Å². The fourth-order valence-corrected chi connectivity index (χ4v) is 1.43. The molecule has 1 rings (SSSR count). The van der Waals surface area contributed by atoms with E-state index in [1.165, 1.54) is 0 Å². The van der Waals surface area contributed by atoms with Crippen LogP contribution in [-0.2, 0) is 14.3 Å². The molecular weight excluding hydrogens is 210 g/mol. The van der Waals surface area contributed by atoms with Crippen molar-refractivity contribution in [2.75, 3.05) is 13.2 Å². The van der Waals surface area contributed by atoms with Gasteiger partial charge in [-0.05, 0) is 27.7 Å². The van der Waals surface area contributed by atoms with Gasteiger partial charge < -0.3 is 14.8 Å². The van der Waals surface area contributed by atoms with E-state index in [9.17, 15) is 9.59 Å². The van der Waals surface area contributed by atoms with Crippen LogP contribution in [0.3, 0.4) is 0 Å². The zero-order chi connectivity index (χ0) is 12.4. The number of amides is 1. The number of ketones is 1. The van der Waals surface area contributed by atoms with E-state index in [1.807, 2.05) is 0 Å². The molecular formula is C11H19NO4. The number of hydrogen-bond acceptors (Lipinski definition) is 4. The highest BCUT2D eigenvalue weighted by Gasteiger charge is 2.38. The third-order valence-electron chi connectivity index (χ3n) is 2.26. The summed E-state index contributed by atoms with van der Waals surface area (Å²) >= 11 is 0. The molecule has 1 saturated heterocycles. The van der Waals surface area contributed by atoms with Crippen LogP contribution in [0.15, 0.2) is 0 Å². The van der Waals surface area contributed by atoms with Gasteiger partial charge in [-0.3, -0.25) is 4.79 Å². The molecule has 5 heteroatoms. The van der Waals surface area contributed by atoms with E-state index >= 15 is 0 Å². The van der Waals surface area contributed by atoms with Gasteiger partial charge >= 0.3 is 6.09 Å². The fourth-order valence-electron chi connectivity index (χ4n) is 1.43. The van der Waals surface area contributed by atoms with Gasteiger partial charge in [-0.25, -0.2) is 4.79 Å². The Balaban J connectivity index is 2.58. The molecule has 1 amide bonds. The van der Waals surface area contributed by atoms with E-state index < -0.39 is 17.2 Å². The van der Waals surface area contributed by atoms with E-state index in [0.29, 0.717) is 13.0 Å². The molecule has 92 valence electrons. The number of ether oxygens (including phenoxy) is 2. The summed E-state index contributed by atoms with van der Waals surface area (Å²) in [5.41, 5.74) is -1.53. The summed E-state index contributed by atoms with van der Waals surface area (Å²) in [4.78, 5) is 23.2. The maximum atomic E-state index is 11.7. The number of alkyl carbamates (subject to hydrolysis) is 1. The van der Waals surface area contributed by atoms with Crippen LogP contribution in [0.1, 0.15) is 34.1 Å². The van der Waals surface area contributed by atoms with Crippen LogP contribution in [0.25, 0.3) is 0 Å². The Labute approximate surface area is 95.5 Å². The van der Waals surface area contributed by atoms with E-state index in [1.54, 1.807) is 27.7 Å². The summed E-state index contributed by atoms with van der Waals surface area (Å²) in [6, 6.07) is 0. The molecule has 0 radical (unpaired) electrons. The summed E-state index contributed by atoms with van der Waals surface area (Å²) in [7, 11) is 0. The molecule has 1 heterocycles. The van der Waals surface area contributed by atoms with Crippen molar-refractivity contribution in [3.8, 4) is 0 Å². The topological polar surface area (TPSA) is 64.6 Å². The van der Waals surface area contributed by atoms with Crippen molar-refractivity contribution in [1.29, 1.82) is 0 Å². The van der Waals surface area contributed by atoms with E-state index in [4.69, 9.17) is 9.47 Å². The van der Waals surface area contributed by atoms with Gasteiger partial charge in [0.2, 0.25) is 0 Å². The van der Waals surface area contributed by atoms with E-state index in [0.717, 1.165) is 0 Å². The first kappa shape index (κ1) is 13.0. The van der Waals surface area contributed by atoms with Gasteiger partial charge in [0.15, 0.2) is 5.78 Å². The largest absolute Gasteiger partial charge is 0.444 e. The standard InChI is InChI=1S/C11H19NO4/c1-10(2,3)16-9(14)12-11(4)7-15-6-5-8(11)13/h5-7H2,1-4H3,(H,12,14). The molecule has 16 heavy (non-hydrogen) atoms. The SMILES string of the molecule is CC(C)(C)OC(=O)NC1(C)COCCC1=O. The van der Waals surface area contributed by atoms with Crippen molar-refractivity contribution in [1.82, 2.24) is 5.32 Å². The van der Waals surface area contributed by atoms with E-state index in [-0.39, 0.29) is 12.4 Å². The summed E-state index contributed by atoms with van der Waals surface area (Å²) in [5.74, 6) is -0.0235. The lowest BCUT2D eigenvalue weighted by molar-refractivity contribution is -0.133. The average Bonchev–Trinajstić information content (AvgIpc) is 2.06. The van der Waals surface area contributed by atoms with Gasteiger partial charge in [0, 0.05) is 6.42 Å². The normalized spacial score (nSPS) is 26.4. The molecule has 5 nitrogen and oxygen atoms in total. The second kappa shape index (κ2) is 4.41. The van der Waals surface area contributed by atoms with Crippen LogP contribution in [-0.4, -0.2) is 36.2 Å². The number of carbonyl (C=O) groups excluding carboxylic acids is 2. The minimum absolute atomic E-state index is 0.0235. The molecule has 0 saturated carbocycles. The molecule has 1 unspecified atom stereocenters. The second-order valence-electron chi connectivity index (χ2n) is 5.18. The van der Waals surface area contributed by atoms with E-state index in [2.05, 4.69) is 5.32 Å². The molecule has 1 atom stereocenters. The predicted molar refractivity (Wildman–Crippen MR) is 58.2 cm³/mol. The average molecular weight is 229 g/mol. The van der Waals surface area contributed by atoms with Gasteiger partial charge in [0.05, 0.1) is 13.2 Å². The third kappa shape index (κ3) is 3.48. The lowest BCUT2D eigenvalue weighted by atomic mass is 9.93. The number of carbonyl (C=O) groups is 2. The molecule has 0 aliphatic carbocycles. The monoisotopic (exact) mass is 229 g/mol. The predicted octanol–water partition coefficient (Wildman–Crippen LogP) is 1.26. The van der Waals surface area contributed by atoms with Crippen LogP contribution >= 0.6 is 0 Å². The number of rotatable bonds is 1. The third-order valence-corrected chi connectivity index (χ3v) is 2.26. The number of hydrogen-bond donors (Lipinski definition) is 1. The Morgan fingerprint density at radius 3 is 2.62 bits per heavy atom. The second-order valence-corrected chi connectivity index (χ2v) is 5.18. The van der Waals surface area contributed by atoms with Gasteiger partial charge in [0.25, 0.3) is 0 Å². The van der Waals surface area contributed by atoms with Crippen LogP contribution in [0.4, 0.5) is 4.79 Å². The summed E-state index contributed by atoms with van der Waals surface area (Å²) in [6.07, 6.45) is -0.263. The van der Waals surface area contributed by atoms with Gasteiger partial charge in [0.1, 0.15) is 11.1 Å². The first-order chi connectivity index (χ1) is 7.23. The van der Waals surface area contributed by atoms with Crippen LogP contribution < -0.4 is 5.32 Å². The smallest absolute Gasteiger partial charge is 0.408 e. The fraction of sp³-hybridized carbons (Fsp3) is 0.818. The quantitative estimate of drug-likeness (QED) is 0.735. The molecule has 0 bridgehead atoms. The van der Waals surface area contributed by atoms with Crippen molar-refractivity contribution in [3.63, 3.8) is 0 Å². The van der Waals surface area contributed by atoms with Gasteiger partial charge in [-0.1, -0.05) is 0 Å². The van der Waals surface area contributed by atoms with Crippen molar-refractivity contribution >= 4 is 11.9 Å². The van der Waals surface area contributed by atoms with Crippen LogP contribution in [0.2, 0.25) is 0 Å². The van der Waals surface area contributed by atoms with Crippen molar-refractivity contribution < 1.29 is 19.1 Å². The van der Waals surface area contributed by atoms with Crippen molar-refractivity contribution in [2.45, 2.75) is 45.3 Å². The molecule has 0 aromatic heterocycles. The highest BCUT2D eigenvalue weighted by Crippen LogP contribution is 2.16. The van der Waals surface area contributed by atoms with Gasteiger partial charge in [-0.15, -0.1) is 0 Å². The lowest BCUT2D eigenvalue weighted by Gasteiger charge is -2.33. The Kier molecular flexibility index (Phi) is 3.57. The molecule has 1 aliphatic rings. The molecule has 0 aromatic rings. The Morgan fingerprint density at radius 2 is 2.12 bits per heavy atom. The molecule has 0 aromatic carbocycles. The number of Topliss-reactive ketones (excluding diaryl/α,β-unsaturated/α-hetero) is 1. The number of nitrogens with one attached hydrogen (secondary N) is 1. The summed E-state index contributed by atoms with van der Waals surface area (Å²) < 4.78 is 10.3. The lowest BCUT2D eigenvalue weighted by Crippen LogP contribution is -2.58. The minimum atomic E-state index is -0.958. The molecule has 1 fully saturated rings. The summed E-state index contributed by atoms with van der Waals surface area (Å²) in [5, 5.41) is 2.57. The van der Waals surface area contributed by atoms with Crippen LogP contribution in [0.5, 0.6) is 0 Å². The zero-order valence-corrected chi connectivity index (χ0v) is 10.3. The first-order valence-electron chi connectivity index (χ1n) is 5.35. The van der Waals surface area contributed by atoms with Gasteiger partial charge in [-0.2, -0.15) is 0 Å². The summed E-state index contributed by atoms with van der Waals surface area (Å²) in [6.45, 7) is 7.59. The zero-order valence-electron chi connectivity index (χ0n) is 10.3. The maximum Gasteiger partial charge on any atom is 0.408 e. The first-order valence-corrected chi connectivity index (χ1v) is 5.35. The molecule has 1 aliphatic heterocycles. The van der Waals surface area contributed by atoms with Crippen molar-refractivity contribution in [2.24, 2.45) is 0 Å².